The van der Waals surface area contributed by atoms with Gasteiger partial charge in [-0.05, 0) is 102 Å². The molecule has 10 heterocycles. The van der Waals surface area contributed by atoms with E-state index >= 15 is 0 Å². The third-order valence-corrected chi connectivity index (χ3v) is 22.4. The predicted molar refractivity (Wildman–Crippen MR) is 564 cm³/mol. The van der Waals surface area contributed by atoms with Crippen LogP contribution in [-0.4, -0.2) is 161 Å². The number of hydrazone groups is 2. The van der Waals surface area contributed by atoms with E-state index in [4.69, 9.17) is 110 Å². The van der Waals surface area contributed by atoms with Crippen LogP contribution in [0.15, 0.2) is 295 Å². The lowest BCUT2D eigenvalue weighted by molar-refractivity contribution is -0.119. The van der Waals surface area contributed by atoms with E-state index in [-0.39, 0.29) is 24.2 Å². The summed E-state index contributed by atoms with van der Waals surface area (Å²) in [6.07, 6.45) is 15.8. The number of methoxy groups -OCH3 is 5. The van der Waals surface area contributed by atoms with Gasteiger partial charge in [-0.25, -0.2) is 49.1 Å². The summed E-state index contributed by atoms with van der Waals surface area (Å²) in [6.45, 7) is 8.67. The van der Waals surface area contributed by atoms with Gasteiger partial charge in [-0.3, -0.25) is 44.5 Å². The van der Waals surface area contributed by atoms with Gasteiger partial charge in [0, 0.05) is 99.5 Å². The standard InChI is InChI=1S/C23H21N5O.C18H17ClN6O.C16H14ClN7O.C13H12N2.C10H10BrN3O.C10H13N5O.C6H2Cl2N2.C4H7NO.ClH/c1-28-16-24-23(27-28)19-14-9-15-20(22(19)29-2)25-26-21(17-10-5-3-6-11-17)18-12-7-4-8-13-18;1-4-13-12-9-20-16(19)8-15(12)25(22-13)14-7-5-6-11(17(14)26-3)18-21-10-24(2)23-18;1-23-8-20-16(22-23)9-4-3-5-11(14(9)25-2)24-12-6-13(17)19-7-10(12)15(18)21-24;14-15-13(11-7-3-1-4-8-11)12-9-5-2-6-10-12;1-14-6-12-10(13-14)7-4-3-5-8(11)9(7)15-2;1-15-6-12-10(14-15)7-4-3-5-8(13-11)9(7)16-2;1-9-5-3-10-6(8)2-4(5)7;5-4(6)3-1-2-3;/h3-16,25H,1-2H3;5-10H,4H2,1-3H3;3-8H,1-2H3,(H2,18,21);1-10H,14H2;3-6H,1-2H3;3-6,13H,11H2,1-2H3;2-3H;3H,1-2H2,(H2,5,6);1H. The highest BCUT2D eigenvalue weighted by atomic mass is 79.9. The molecule has 1 fully saturated rings. The molecule has 0 radical (unpaired) electrons. The number of carbonyl (C=O) groups excluding carboxylic acids is 1. The Kier molecular flexibility index (Phi) is 37.5. The summed E-state index contributed by atoms with van der Waals surface area (Å²) in [5.41, 5.74) is 32.3. The van der Waals surface area contributed by atoms with Gasteiger partial charge in [0.25, 0.3) is 0 Å². The molecule has 0 bridgehead atoms. The Bertz CT molecular complexity index is 7520. The average Bonchev–Trinajstić information content (AvgIpc) is 1.62. The van der Waals surface area contributed by atoms with Crippen LogP contribution in [0.3, 0.4) is 0 Å². The Morgan fingerprint density at radius 3 is 1.15 bits per heavy atom. The SMILES string of the molecule is CCc1nn(-c2cccc(-c3ncn(C)n3)c2OC)c2cc(Cl)ncc12.COc1c(-c2ncn(C)n2)cccc1-n1nc(N)c2cnc(Cl)cc21.COc1c(Br)cccc1-c1ncn(C)n1.COc1c(NN)cccc1-c1ncn(C)n1.COc1c(NN=C(c2ccccc2)c2ccccc2)cccc1-c1ncn(C)n1.Cl.NC(=O)C1CC1.NN=C(c1ccccc1)c1ccccc1.[C-]#[N+]c1cnc(Cl)cc1Cl. The van der Waals surface area contributed by atoms with Gasteiger partial charge >= 0.3 is 0 Å². The molecule has 0 saturated heterocycles. The van der Waals surface area contributed by atoms with Gasteiger partial charge in [-0.1, -0.05) is 205 Å². The molecule has 143 heavy (non-hydrogen) atoms. The summed E-state index contributed by atoms with van der Waals surface area (Å²) >= 11 is 26.7. The molecule has 9 aromatic carbocycles. The predicted octanol–water partition coefficient (Wildman–Crippen LogP) is 18.9. The zero-order valence-electron chi connectivity index (χ0n) is 79.0. The maximum atomic E-state index is 9.98. The molecule has 0 aliphatic heterocycles. The molecule has 1 amide bonds. The highest BCUT2D eigenvalue weighted by molar-refractivity contribution is 9.10. The van der Waals surface area contributed by atoms with Gasteiger partial charge in [0.15, 0.2) is 57.9 Å². The Hall–Kier alpha value is -16.5. The number of benzene rings is 9. The van der Waals surface area contributed by atoms with Crippen LogP contribution in [0.4, 0.5) is 22.9 Å². The molecular weight excluding hydrogens is 1990 g/mol. The van der Waals surface area contributed by atoms with Gasteiger partial charge in [0.2, 0.25) is 11.6 Å². The fourth-order valence-electron chi connectivity index (χ4n) is 14.1. The number of aryl methyl sites for hydroxylation is 6. The molecule has 1 aliphatic rings. The minimum Gasteiger partial charge on any atom is -0.495 e. The number of para-hydroxylation sites is 5. The third kappa shape index (κ3) is 26.7. The normalized spacial score (nSPS) is 10.8. The van der Waals surface area contributed by atoms with Gasteiger partial charge in [0.1, 0.15) is 64.2 Å². The number of nitrogen functional groups attached to an aromatic ring is 2. The number of halogens is 6. The van der Waals surface area contributed by atoms with Gasteiger partial charge in [-0.15, -0.1) is 17.5 Å². The van der Waals surface area contributed by atoms with Crippen LogP contribution in [-0.2, 0) is 46.5 Å². The van der Waals surface area contributed by atoms with Crippen LogP contribution < -0.4 is 57.7 Å². The molecule has 0 unspecified atom stereocenters. The summed E-state index contributed by atoms with van der Waals surface area (Å²) in [6, 6.07) is 73.6. The summed E-state index contributed by atoms with van der Waals surface area (Å²) in [5, 5.41) is 42.4. The second-order valence-electron chi connectivity index (χ2n) is 30.5. The number of hydrogen-bond acceptors (Lipinski definition) is 28. The third-order valence-electron chi connectivity index (χ3n) is 20.8. The number of hydrogen-bond donors (Lipinski definition) is 6. The highest BCUT2D eigenvalue weighted by Crippen LogP contribution is 2.41. The summed E-state index contributed by atoms with van der Waals surface area (Å²) in [4.78, 5) is 46.4. The molecule has 37 nitrogen and oxygen atoms in total. The molecule has 0 atom stereocenters. The van der Waals surface area contributed by atoms with Crippen molar-refractivity contribution in [2.45, 2.75) is 26.2 Å². The van der Waals surface area contributed by atoms with E-state index in [1.54, 1.807) is 114 Å². The van der Waals surface area contributed by atoms with Crippen molar-refractivity contribution in [3.63, 3.8) is 0 Å². The number of rotatable bonds is 21. The lowest BCUT2D eigenvalue weighted by Gasteiger charge is -2.13. The number of fused-ring (bicyclic) bond motifs is 2. The van der Waals surface area contributed by atoms with Crippen molar-refractivity contribution in [2.75, 3.05) is 52.1 Å². The van der Waals surface area contributed by atoms with E-state index in [2.05, 4.69) is 114 Å². The van der Waals surface area contributed by atoms with Gasteiger partial charge in [-0.2, -0.15) is 40.8 Å². The number of ether oxygens (including phenoxy) is 5. The Morgan fingerprint density at radius 2 is 0.797 bits per heavy atom. The number of primary amides is 1. The fraction of sp³-hybridized carbons (Fsp3) is 0.150. The number of pyridine rings is 3. The first-order valence-electron chi connectivity index (χ1n) is 43.3. The van der Waals surface area contributed by atoms with Crippen LogP contribution in [0.5, 0.6) is 28.7 Å². The molecule has 43 heteroatoms. The number of nitrogens with two attached hydrogens (primary N) is 4. The second-order valence-corrected chi connectivity index (χ2v) is 32.9. The minimum atomic E-state index is -0.130. The Morgan fingerprint density at radius 1 is 0.448 bits per heavy atom. The van der Waals surface area contributed by atoms with Crippen molar-refractivity contribution < 1.29 is 28.5 Å². The zero-order chi connectivity index (χ0) is 101. The minimum absolute atomic E-state index is 0. The number of aromatic nitrogens is 22. The molecule has 0 spiro atoms. The first-order valence-corrected chi connectivity index (χ1v) is 45.6. The molecule has 10 aromatic heterocycles. The molecule has 1 saturated carbocycles. The lowest BCUT2D eigenvalue weighted by Crippen LogP contribution is -2.11. The molecular formula is C100H97BrCl5N31O6. The van der Waals surface area contributed by atoms with Crippen molar-refractivity contribution in [3.05, 3.63) is 345 Å². The number of nitrogens with zero attached hydrogens (tertiary/aromatic N) is 25. The molecule has 10 N–H and O–H groups in total. The van der Waals surface area contributed by atoms with Crippen LogP contribution in [0.1, 0.15) is 47.7 Å². The number of nitrogens with one attached hydrogen (secondary N) is 2. The second kappa shape index (κ2) is 50.9. The maximum absolute atomic E-state index is 9.98. The summed E-state index contributed by atoms with van der Waals surface area (Å²) in [7, 11) is 17.2. The Balaban J connectivity index is 0.000000150. The van der Waals surface area contributed by atoms with Crippen molar-refractivity contribution in [1.82, 2.24) is 108 Å². The molecule has 1 aliphatic carbocycles. The van der Waals surface area contributed by atoms with E-state index in [9.17, 15) is 4.79 Å². The molecule has 20 rings (SSSR count). The summed E-state index contributed by atoms with van der Waals surface area (Å²) in [5.74, 6) is 17.6. The van der Waals surface area contributed by atoms with Crippen LogP contribution in [0, 0.1) is 12.5 Å². The van der Waals surface area contributed by atoms with E-state index in [1.807, 2.05) is 258 Å². The highest BCUT2D eigenvalue weighted by Gasteiger charge is 2.28. The molecule has 730 valence electrons. The van der Waals surface area contributed by atoms with Crippen LogP contribution in [0.2, 0.25) is 20.5 Å². The maximum Gasteiger partial charge on any atom is 0.223 e. The largest absolute Gasteiger partial charge is 0.495 e. The topological polar surface area (TPSA) is 448 Å². The van der Waals surface area contributed by atoms with Gasteiger partial charge in [0.05, 0.1) is 124 Å². The van der Waals surface area contributed by atoms with Crippen LogP contribution >= 0.6 is 74.7 Å². The van der Waals surface area contributed by atoms with Gasteiger partial charge < -0.3 is 46.4 Å². The van der Waals surface area contributed by atoms with Crippen molar-refractivity contribution in [2.24, 2.45) is 68.8 Å². The van der Waals surface area contributed by atoms with Crippen molar-refractivity contribution >= 4 is 137 Å². The van der Waals surface area contributed by atoms with Crippen LogP contribution in [0.25, 0.3) is 95.0 Å². The van der Waals surface area contributed by atoms with E-state index < -0.39 is 0 Å². The lowest BCUT2D eigenvalue weighted by atomic mass is 10.0. The molecule has 19 aromatic rings. The average molecular weight is 2090 g/mol. The first kappa shape index (κ1) is 105. The van der Waals surface area contributed by atoms with Crippen molar-refractivity contribution in [3.8, 4) is 97.1 Å². The number of hydrazine groups is 1. The Labute approximate surface area is 856 Å². The number of anilines is 3. The van der Waals surface area contributed by atoms with E-state index in [0.717, 1.165) is 124 Å². The monoisotopic (exact) mass is 2080 g/mol. The quantitative estimate of drug-likeness (QED) is 0.0128. The van der Waals surface area contributed by atoms with E-state index in [1.165, 1.54) is 12.3 Å². The smallest absolute Gasteiger partial charge is 0.223 e. The van der Waals surface area contributed by atoms with Crippen molar-refractivity contribution in [1.29, 1.82) is 0 Å². The number of amides is 1. The summed E-state index contributed by atoms with van der Waals surface area (Å²) < 4.78 is 40.3. The zero-order valence-corrected chi connectivity index (χ0v) is 84.4. The fourth-order valence-corrected chi connectivity index (χ4v) is 15.3. The van der Waals surface area contributed by atoms with E-state index in [0.29, 0.717) is 101 Å². The number of carbonyl (C=O) groups is 1. The first-order chi connectivity index (χ1) is 68.9.